The van der Waals surface area contributed by atoms with Crippen molar-refractivity contribution >= 4 is 11.6 Å². The molecule has 3 rings (SSSR count). The van der Waals surface area contributed by atoms with Crippen LogP contribution in [-0.2, 0) is 6.42 Å². The topological polar surface area (TPSA) is 45.2 Å². The van der Waals surface area contributed by atoms with Crippen LogP contribution in [0.15, 0.2) is 36.9 Å². The van der Waals surface area contributed by atoms with Crippen molar-refractivity contribution in [2.45, 2.75) is 45.1 Å². The smallest absolute Gasteiger partial charge is 0.134 e. The van der Waals surface area contributed by atoms with Gasteiger partial charge in [0.2, 0.25) is 0 Å². The highest BCUT2D eigenvalue weighted by Crippen LogP contribution is 2.26. The van der Waals surface area contributed by atoms with Gasteiger partial charge < -0.3 is 9.80 Å². The Bertz CT molecular complexity index is 631. The van der Waals surface area contributed by atoms with E-state index in [9.17, 15) is 0 Å². The van der Waals surface area contributed by atoms with Crippen molar-refractivity contribution in [3.8, 4) is 0 Å². The molecule has 0 spiro atoms. The van der Waals surface area contributed by atoms with E-state index in [2.05, 4.69) is 56.9 Å². The fourth-order valence-corrected chi connectivity index (χ4v) is 3.39. The van der Waals surface area contributed by atoms with Crippen LogP contribution in [0, 0.1) is 0 Å². The molecular weight excluding hydrogens is 298 g/mol. The Morgan fingerprint density at radius 1 is 1.21 bits per heavy atom. The molecule has 5 heteroatoms. The van der Waals surface area contributed by atoms with E-state index in [0.29, 0.717) is 6.04 Å². The number of likely N-dealkylation sites (N-methyl/N-ethyl adjacent to an activating group) is 1. The molecule has 1 atom stereocenters. The molecule has 2 aromatic heterocycles. The highest BCUT2D eigenvalue weighted by molar-refractivity contribution is 5.50. The van der Waals surface area contributed by atoms with E-state index in [0.717, 1.165) is 31.1 Å². The van der Waals surface area contributed by atoms with Gasteiger partial charge in [-0.25, -0.2) is 9.97 Å². The summed E-state index contributed by atoms with van der Waals surface area (Å²) in [6.45, 7) is 4.30. The molecule has 0 amide bonds. The maximum Gasteiger partial charge on any atom is 0.134 e. The van der Waals surface area contributed by atoms with Gasteiger partial charge in [0, 0.05) is 44.6 Å². The van der Waals surface area contributed by atoms with Gasteiger partial charge in [-0.2, -0.15) is 0 Å². The first-order valence-electron chi connectivity index (χ1n) is 8.96. The molecule has 0 aliphatic carbocycles. The molecule has 3 heterocycles. The van der Waals surface area contributed by atoms with Crippen molar-refractivity contribution in [3.63, 3.8) is 0 Å². The summed E-state index contributed by atoms with van der Waals surface area (Å²) < 4.78 is 0. The Labute approximate surface area is 144 Å². The zero-order valence-corrected chi connectivity index (χ0v) is 14.7. The standard InChI is InChI=1S/C19H27N5/c1-3-17-6-4-5-12-24(17)19-14-18(21-15-22-19)23(2)13-9-16-7-10-20-11-8-16/h7-8,10-11,14-15,17H,3-6,9,12-13H2,1-2H3. The average Bonchev–Trinajstić information content (AvgIpc) is 2.67. The molecule has 0 aromatic carbocycles. The van der Waals surface area contributed by atoms with Crippen LogP contribution < -0.4 is 9.80 Å². The van der Waals surface area contributed by atoms with Crippen LogP contribution in [-0.4, -0.2) is 41.1 Å². The Morgan fingerprint density at radius 2 is 2.04 bits per heavy atom. The first kappa shape index (κ1) is 16.7. The predicted octanol–water partition coefficient (Wildman–Crippen LogP) is 3.32. The Balaban J connectivity index is 1.67. The van der Waals surface area contributed by atoms with Gasteiger partial charge in [0.05, 0.1) is 0 Å². The van der Waals surface area contributed by atoms with Crippen LogP contribution in [0.2, 0.25) is 0 Å². The quantitative estimate of drug-likeness (QED) is 0.815. The summed E-state index contributed by atoms with van der Waals surface area (Å²) in [6.07, 6.45) is 11.4. The van der Waals surface area contributed by atoms with Crippen molar-refractivity contribution in [2.24, 2.45) is 0 Å². The lowest BCUT2D eigenvalue weighted by molar-refractivity contribution is 0.446. The zero-order valence-electron chi connectivity index (χ0n) is 14.7. The van der Waals surface area contributed by atoms with Crippen molar-refractivity contribution in [2.75, 3.05) is 29.9 Å². The molecule has 0 bridgehead atoms. The van der Waals surface area contributed by atoms with Gasteiger partial charge in [-0.1, -0.05) is 6.92 Å². The summed E-state index contributed by atoms with van der Waals surface area (Å²) in [7, 11) is 2.10. The zero-order chi connectivity index (χ0) is 16.8. The third-order valence-electron chi connectivity index (χ3n) is 4.91. The summed E-state index contributed by atoms with van der Waals surface area (Å²) >= 11 is 0. The highest BCUT2D eigenvalue weighted by atomic mass is 15.2. The van der Waals surface area contributed by atoms with E-state index >= 15 is 0 Å². The van der Waals surface area contributed by atoms with Gasteiger partial charge in [-0.15, -0.1) is 0 Å². The van der Waals surface area contributed by atoms with Gasteiger partial charge in [0.25, 0.3) is 0 Å². The van der Waals surface area contributed by atoms with Crippen molar-refractivity contribution < 1.29 is 0 Å². The lowest BCUT2D eigenvalue weighted by Gasteiger charge is -2.36. The number of anilines is 2. The summed E-state index contributed by atoms with van der Waals surface area (Å²) in [5.41, 5.74) is 1.30. The molecule has 1 fully saturated rings. The number of nitrogens with zero attached hydrogens (tertiary/aromatic N) is 5. The van der Waals surface area contributed by atoms with Gasteiger partial charge in [-0.3, -0.25) is 4.98 Å². The summed E-state index contributed by atoms with van der Waals surface area (Å²) in [4.78, 5) is 17.8. The van der Waals surface area contributed by atoms with Crippen molar-refractivity contribution in [1.29, 1.82) is 0 Å². The Kier molecular flexibility index (Phi) is 5.62. The third-order valence-corrected chi connectivity index (χ3v) is 4.91. The van der Waals surface area contributed by atoms with Gasteiger partial charge in [0.15, 0.2) is 0 Å². The molecule has 2 aromatic rings. The molecule has 1 saturated heterocycles. The van der Waals surface area contributed by atoms with Crippen LogP contribution >= 0.6 is 0 Å². The van der Waals surface area contributed by atoms with Gasteiger partial charge >= 0.3 is 0 Å². The van der Waals surface area contributed by atoms with Crippen LogP contribution in [0.25, 0.3) is 0 Å². The molecule has 0 saturated carbocycles. The second-order valence-electron chi connectivity index (χ2n) is 6.51. The summed E-state index contributed by atoms with van der Waals surface area (Å²) in [5, 5.41) is 0. The fourth-order valence-electron chi connectivity index (χ4n) is 3.39. The number of piperidine rings is 1. The minimum absolute atomic E-state index is 0.614. The van der Waals surface area contributed by atoms with Crippen LogP contribution in [0.3, 0.4) is 0 Å². The van der Waals surface area contributed by atoms with E-state index in [-0.39, 0.29) is 0 Å². The molecule has 128 valence electrons. The molecule has 0 N–H and O–H groups in total. The number of pyridine rings is 1. The molecule has 5 nitrogen and oxygen atoms in total. The number of hydrogen-bond donors (Lipinski definition) is 0. The van der Waals surface area contributed by atoms with Crippen LogP contribution in [0.4, 0.5) is 11.6 Å². The van der Waals surface area contributed by atoms with Crippen molar-refractivity contribution in [3.05, 3.63) is 42.5 Å². The maximum absolute atomic E-state index is 4.54. The normalized spacial score (nSPS) is 17.8. The Hall–Kier alpha value is -2.17. The largest absolute Gasteiger partial charge is 0.359 e. The number of rotatable bonds is 6. The Morgan fingerprint density at radius 3 is 2.83 bits per heavy atom. The molecule has 0 radical (unpaired) electrons. The van der Waals surface area contributed by atoms with Crippen LogP contribution in [0.1, 0.15) is 38.2 Å². The monoisotopic (exact) mass is 325 g/mol. The van der Waals surface area contributed by atoms with E-state index in [4.69, 9.17) is 0 Å². The minimum Gasteiger partial charge on any atom is -0.359 e. The first-order chi connectivity index (χ1) is 11.8. The second-order valence-corrected chi connectivity index (χ2v) is 6.51. The highest BCUT2D eigenvalue weighted by Gasteiger charge is 2.22. The fraction of sp³-hybridized carbons (Fsp3) is 0.526. The third kappa shape index (κ3) is 4.02. The minimum atomic E-state index is 0.614. The van der Waals surface area contributed by atoms with E-state index in [1.807, 2.05) is 12.4 Å². The molecule has 1 aliphatic heterocycles. The molecule has 1 aliphatic rings. The van der Waals surface area contributed by atoms with E-state index in [1.165, 1.54) is 31.2 Å². The summed E-state index contributed by atoms with van der Waals surface area (Å²) in [5.74, 6) is 2.07. The maximum atomic E-state index is 4.54. The van der Waals surface area contributed by atoms with Gasteiger partial charge in [0.1, 0.15) is 18.0 Å². The van der Waals surface area contributed by atoms with E-state index in [1.54, 1.807) is 6.33 Å². The SMILES string of the molecule is CCC1CCCCN1c1cc(N(C)CCc2ccncc2)ncn1. The second kappa shape index (κ2) is 8.08. The number of aromatic nitrogens is 3. The predicted molar refractivity (Wildman–Crippen MR) is 98.5 cm³/mol. The molecular formula is C19H27N5. The lowest BCUT2D eigenvalue weighted by atomic mass is 10.00. The molecule has 1 unspecified atom stereocenters. The summed E-state index contributed by atoms with van der Waals surface area (Å²) in [6, 6.07) is 6.89. The first-order valence-corrected chi connectivity index (χ1v) is 8.96. The lowest BCUT2D eigenvalue weighted by Crippen LogP contribution is -2.39. The van der Waals surface area contributed by atoms with Crippen molar-refractivity contribution in [1.82, 2.24) is 15.0 Å². The molecule has 24 heavy (non-hydrogen) atoms. The number of hydrogen-bond acceptors (Lipinski definition) is 5. The van der Waals surface area contributed by atoms with Crippen LogP contribution in [0.5, 0.6) is 0 Å². The van der Waals surface area contributed by atoms with E-state index < -0.39 is 0 Å². The van der Waals surface area contributed by atoms with Gasteiger partial charge in [-0.05, 0) is 49.8 Å². The average molecular weight is 325 g/mol.